The Morgan fingerprint density at radius 2 is 1.86 bits per heavy atom. The molecule has 0 spiro atoms. The van der Waals surface area contributed by atoms with Crippen LogP contribution in [0.15, 0.2) is 45.9 Å². The molecule has 0 radical (unpaired) electrons. The molecule has 0 saturated carbocycles. The molecular formula is C16H19N3O2. The number of carbonyl (C=O) groups is 1. The Morgan fingerprint density at radius 1 is 1.14 bits per heavy atom. The number of hydrogen-bond donors (Lipinski definition) is 2. The summed E-state index contributed by atoms with van der Waals surface area (Å²) in [7, 11) is 0. The topological polar surface area (TPSA) is 66.6 Å². The molecule has 110 valence electrons. The molecule has 1 aromatic carbocycles. The molecule has 0 atom stereocenters. The fourth-order valence-electron chi connectivity index (χ4n) is 1.72. The van der Waals surface area contributed by atoms with Crippen LogP contribution in [0.5, 0.6) is 0 Å². The van der Waals surface area contributed by atoms with Gasteiger partial charge in [-0.3, -0.25) is 4.79 Å². The van der Waals surface area contributed by atoms with Crippen LogP contribution in [0, 0.1) is 13.8 Å². The molecule has 0 aliphatic rings. The maximum atomic E-state index is 11.7. The van der Waals surface area contributed by atoms with E-state index in [0.29, 0.717) is 11.5 Å². The van der Waals surface area contributed by atoms with E-state index in [1.54, 1.807) is 6.92 Å². The van der Waals surface area contributed by atoms with E-state index in [9.17, 15) is 4.79 Å². The van der Waals surface area contributed by atoms with E-state index >= 15 is 0 Å². The molecule has 2 rings (SSSR count). The van der Waals surface area contributed by atoms with Crippen molar-refractivity contribution in [3.8, 4) is 0 Å². The maximum absolute atomic E-state index is 11.7. The van der Waals surface area contributed by atoms with Crippen LogP contribution in [-0.2, 0) is 4.79 Å². The number of carbonyl (C=O) groups excluding carboxylic acids is 1. The van der Waals surface area contributed by atoms with Gasteiger partial charge in [-0.25, -0.2) is 5.43 Å². The lowest BCUT2D eigenvalue weighted by Crippen LogP contribution is -2.26. The van der Waals surface area contributed by atoms with Crippen molar-refractivity contribution in [2.75, 3.05) is 11.9 Å². The third kappa shape index (κ3) is 4.49. The summed E-state index contributed by atoms with van der Waals surface area (Å²) >= 11 is 0. The van der Waals surface area contributed by atoms with Crippen LogP contribution >= 0.6 is 0 Å². The summed E-state index contributed by atoms with van der Waals surface area (Å²) in [5, 5.41) is 7.05. The number of anilines is 1. The molecule has 0 bridgehead atoms. The van der Waals surface area contributed by atoms with Crippen molar-refractivity contribution in [2.24, 2.45) is 5.10 Å². The third-order valence-corrected chi connectivity index (χ3v) is 2.95. The zero-order chi connectivity index (χ0) is 15.2. The van der Waals surface area contributed by atoms with Crippen molar-refractivity contribution in [1.29, 1.82) is 0 Å². The number of nitrogens with zero attached hydrogens (tertiary/aromatic N) is 1. The Kier molecular flexibility index (Phi) is 4.77. The quantitative estimate of drug-likeness (QED) is 0.655. The summed E-state index contributed by atoms with van der Waals surface area (Å²) in [6.45, 7) is 5.83. The van der Waals surface area contributed by atoms with Gasteiger partial charge in [0.2, 0.25) is 0 Å². The van der Waals surface area contributed by atoms with Crippen molar-refractivity contribution < 1.29 is 9.21 Å². The molecule has 0 aliphatic carbocycles. The van der Waals surface area contributed by atoms with Crippen LogP contribution in [0.3, 0.4) is 0 Å². The SMILES string of the molecule is C/C(=N\NC(=O)CNc1ccc(C)cc1)c1ccc(C)o1. The summed E-state index contributed by atoms with van der Waals surface area (Å²) in [6, 6.07) is 11.5. The number of rotatable bonds is 5. The van der Waals surface area contributed by atoms with Gasteiger partial charge in [-0.1, -0.05) is 17.7 Å². The van der Waals surface area contributed by atoms with Gasteiger partial charge < -0.3 is 9.73 Å². The molecule has 1 amide bonds. The Balaban J connectivity index is 1.83. The molecule has 1 heterocycles. The standard InChI is InChI=1S/C16H19N3O2/c1-11-4-7-14(8-5-11)17-10-16(20)19-18-13(3)15-9-6-12(2)21-15/h4-9,17H,10H2,1-3H3,(H,19,20)/b18-13+. The number of furan rings is 1. The molecule has 0 unspecified atom stereocenters. The smallest absolute Gasteiger partial charge is 0.259 e. The second-order valence-electron chi connectivity index (χ2n) is 4.86. The van der Waals surface area contributed by atoms with Crippen molar-refractivity contribution in [3.63, 3.8) is 0 Å². The van der Waals surface area contributed by atoms with Gasteiger partial charge >= 0.3 is 0 Å². The highest BCUT2D eigenvalue weighted by Crippen LogP contribution is 2.08. The molecular weight excluding hydrogens is 266 g/mol. The molecule has 5 heteroatoms. The van der Waals surface area contributed by atoms with Crippen LogP contribution in [0.2, 0.25) is 0 Å². The Morgan fingerprint density at radius 3 is 2.48 bits per heavy atom. The first kappa shape index (κ1) is 14.8. The Labute approximate surface area is 124 Å². The molecule has 1 aromatic heterocycles. The van der Waals surface area contributed by atoms with Gasteiger partial charge in [0, 0.05) is 5.69 Å². The van der Waals surface area contributed by atoms with Crippen LogP contribution in [0.1, 0.15) is 24.0 Å². The highest BCUT2D eigenvalue weighted by atomic mass is 16.3. The third-order valence-electron chi connectivity index (χ3n) is 2.95. The van der Waals surface area contributed by atoms with Crippen molar-refractivity contribution in [3.05, 3.63) is 53.5 Å². The zero-order valence-electron chi connectivity index (χ0n) is 12.4. The normalized spacial score (nSPS) is 11.3. The first-order valence-corrected chi connectivity index (χ1v) is 6.75. The first-order chi connectivity index (χ1) is 10.0. The van der Waals surface area contributed by atoms with Crippen molar-refractivity contribution >= 4 is 17.3 Å². The lowest BCUT2D eigenvalue weighted by molar-refractivity contribution is -0.119. The zero-order valence-corrected chi connectivity index (χ0v) is 12.4. The van der Waals surface area contributed by atoms with E-state index in [4.69, 9.17) is 4.42 Å². The number of aryl methyl sites for hydroxylation is 2. The second kappa shape index (κ2) is 6.74. The van der Waals surface area contributed by atoms with Crippen LogP contribution in [0.4, 0.5) is 5.69 Å². The summed E-state index contributed by atoms with van der Waals surface area (Å²) in [4.78, 5) is 11.7. The minimum absolute atomic E-state index is 0.164. The monoisotopic (exact) mass is 285 g/mol. The summed E-state index contributed by atoms with van der Waals surface area (Å²) in [6.07, 6.45) is 0. The summed E-state index contributed by atoms with van der Waals surface area (Å²) in [5.41, 5.74) is 5.21. The molecule has 0 saturated heterocycles. The highest BCUT2D eigenvalue weighted by molar-refractivity contribution is 5.97. The average Bonchev–Trinajstić information content (AvgIpc) is 2.91. The van der Waals surface area contributed by atoms with Gasteiger partial charge in [-0.05, 0) is 45.0 Å². The minimum atomic E-state index is -0.210. The van der Waals surface area contributed by atoms with E-state index in [1.807, 2.05) is 50.2 Å². The van der Waals surface area contributed by atoms with E-state index in [0.717, 1.165) is 11.4 Å². The molecule has 2 aromatic rings. The van der Waals surface area contributed by atoms with Crippen LogP contribution in [0.25, 0.3) is 0 Å². The van der Waals surface area contributed by atoms with E-state index in [-0.39, 0.29) is 12.5 Å². The molecule has 0 aliphatic heterocycles. The number of nitrogens with one attached hydrogen (secondary N) is 2. The second-order valence-corrected chi connectivity index (χ2v) is 4.86. The minimum Gasteiger partial charge on any atom is -0.460 e. The van der Waals surface area contributed by atoms with Gasteiger partial charge in [0.1, 0.15) is 17.2 Å². The predicted molar refractivity (Wildman–Crippen MR) is 83.5 cm³/mol. The molecule has 5 nitrogen and oxygen atoms in total. The summed E-state index contributed by atoms with van der Waals surface area (Å²) in [5.74, 6) is 1.25. The predicted octanol–water partition coefficient (Wildman–Crippen LogP) is 2.85. The van der Waals surface area contributed by atoms with Crippen molar-refractivity contribution in [2.45, 2.75) is 20.8 Å². The Hall–Kier alpha value is -2.56. The van der Waals surface area contributed by atoms with Gasteiger partial charge in [0.05, 0.1) is 6.54 Å². The average molecular weight is 285 g/mol. The lowest BCUT2D eigenvalue weighted by Gasteiger charge is -2.05. The van der Waals surface area contributed by atoms with Gasteiger partial charge in [-0.15, -0.1) is 0 Å². The Bertz CT molecular complexity index is 642. The lowest BCUT2D eigenvalue weighted by atomic mass is 10.2. The van der Waals surface area contributed by atoms with Crippen molar-refractivity contribution in [1.82, 2.24) is 5.43 Å². The van der Waals surface area contributed by atoms with E-state index < -0.39 is 0 Å². The van der Waals surface area contributed by atoms with E-state index in [1.165, 1.54) is 5.56 Å². The van der Waals surface area contributed by atoms with E-state index in [2.05, 4.69) is 15.8 Å². The molecule has 21 heavy (non-hydrogen) atoms. The molecule has 2 N–H and O–H groups in total. The van der Waals surface area contributed by atoms with Gasteiger partial charge in [-0.2, -0.15) is 5.10 Å². The number of amides is 1. The number of benzene rings is 1. The first-order valence-electron chi connectivity index (χ1n) is 6.75. The van der Waals surface area contributed by atoms with Gasteiger partial charge in [0.25, 0.3) is 5.91 Å². The number of hydrazone groups is 1. The van der Waals surface area contributed by atoms with Crippen LogP contribution < -0.4 is 10.7 Å². The number of hydrogen-bond acceptors (Lipinski definition) is 4. The molecule has 0 fully saturated rings. The van der Waals surface area contributed by atoms with Gasteiger partial charge in [0.15, 0.2) is 0 Å². The summed E-state index contributed by atoms with van der Waals surface area (Å²) < 4.78 is 5.42. The maximum Gasteiger partial charge on any atom is 0.259 e. The fraction of sp³-hybridized carbons (Fsp3) is 0.250. The highest BCUT2D eigenvalue weighted by Gasteiger charge is 2.04. The largest absolute Gasteiger partial charge is 0.460 e. The fourth-order valence-corrected chi connectivity index (χ4v) is 1.72. The van der Waals surface area contributed by atoms with Crippen LogP contribution in [-0.4, -0.2) is 18.2 Å².